The van der Waals surface area contributed by atoms with Crippen LogP contribution in [0.4, 0.5) is 10.2 Å². The minimum atomic E-state index is -1.04. The number of amides is 1. The number of aryl methyl sites for hydroxylation is 2. The van der Waals surface area contributed by atoms with Gasteiger partial charge in [-0.1, -0.05) is 19.1 Å². The lowest BCUT2D eigenvalue weighted by Crippen LogP contribution is -2.54. The molecule has 1 unspecified atom stereocenters. The van der Waals surface area contributed by atoms with E-state index in [0.29, 0.717) is 31.7 Å². The van der Waals surface area contributed by atoms with Crippen molar-refractivity contribution < 1.29 is 14.3 Å². The molecule has 3 heterocycles. The number of carbonyl (C=O) groups is 1. The van der Waals surface area contributed by atoms with Crippen LogP contribution in [0.15, 0.2) is 42.6 Å². The first-order valence-corrected chi connectivity index (χ1v) is 10.8. The Morgan fingerprint density at radius 3 is 2.90 bits per heavy atom. The van der Waals surface area contributed by atoms with Crippen LogP contribution >= 0.6 is 0 Å². The monoisotopic (exact) mass is 425 g/mol. The Bertz CT molecular complexity index is 1050. The molecule has 2 N–H and O–H groups in total. The highest BCUT2D eigenvalue weighted by atomic mass is 19.1. The summed E-state index contributed by atoms with van der Waals surface area (Å²) in [6.45, 7) is 3.85. The van der Waals surface area contributed by atoms with Crippen molar-refractivity contribution in [1.82, 2.24) is 19.9 Å². The molecule has 0 bridgehead atoms. The van der Waals surface area contributed by atoms with Crippen LogP contribution in [0, 0.1) is 5.82 Å². The van der Waals surface area contributed by atoms with Gasteiger partial charge in [0.2, 0.25) is 5.91 Å². The lowest BCUT2D eigenvalue weighted by Gasteiger charge is -2.39. The van der Waals surface area contributed by atoms with Crippen LogP contribution in [0.2, 0.25) is 0 Å². The number of anilines is 1. The highest BCUT2D eigenvalue weighted by Gasteiger charge is 2.34. The summed E-state index contributed by atoms with van der Waals surface area (Å²) in [6.07, 6.45) is 3.65. The summed E-state index contributed by atoms with van der Waals surface area (Å²) in [5.41, 5.74) is 0.923. The maximum absolute atomic E-state index is 13.1. The Hall–Kier alpha value is -3.00. The second-order valence-corrected chi connectivity index (χ2v) is 8.13. The number of hydrogen-bond acceptors (Lipinski definition) is 5. The number of benzene rings is 1. The van der Waals surface area contributed by atoms with Crippen molar-refractivity contribution in [3.8, 4) is 0 Å². The van der Waals surface area contributed by atoms with Crippen molar-refractivity contribution in [3.63, 3.8) is 0 Å². The van der Waals surface area contributed by atoms with E-state index in [1.165, 1.54) is 12.3 Å². The van der Waals surface area contributed by atoms with Crippen molar-refractivity contribution in [2.75, 3.05) is 24.5 Å². The predicted octanol–water partition coefficient (Wildman–Crippen LogP) is 2.67. The smallest absolute Gasteiger partial charge is 0.221 e. The maximum atomic E-state index is 13.1. The Morgan fingerprint density at radius 2 is 2.13 bits per heavy atom. The zero-order chi connectivity index (χ0) is 21.8. The molecule has 1 aliphatic rings. The minimum Gasteiger partial charge on any atom is -0.386 e. The number of pyridine rings is 1. The van der Waals surface area contributed by atoms with E-state index in [1.54, 1.807) is 6.07 Å². The standard InChI is InChI=1S/C23H28FN5O2/c1-2-20-27-18-6-3-4-7-19(18)29(20)13-10-22(30)26-15-23(31)11-5-12-28(16-23)21-9-8-17(24)14-25-21/h3-4,6-9,14,31H,2,5,10-13,15-16H2,1H3,(H,26,30). The van der Waals surface area contributed by atoms with Gasteiger partial charge in [0.15, 0.2) is 0 Å². The van der Waals surface area contributed by atoms with Crippen LogP contribution in [0.5, 0.6) is 0 Å². The fourth-order valence-corrected chi connectivity index (χ4v) is 4.22. The molecular weight excluding hydrogens is 397 g/mol. The first-order chi connectivity index (χ1) is 15.0. The zero-order valence-corrected chi connectivity index (χ0v) is 17.7. The molecule has 2 aromatic heterocycles. The predicted molar refractivity (Wildman–Crippen MR) is 117 cm³/mol. The number of hydrogen-bond donors (Lipinski definition) is 2. The summed E-state index contributed by atoms with van der Waals surface area (Å²) in [6, 6.07) is 10.9. The summed E-state index contributed by atoms with van der Waals surface area (Å²) < 4.78 is 15.2. The second-order valence-electron chi connectivity index (χ2n) is 8.13. The van der Waals surface area contributed by atoms with Gasteiger partial charge in [0.25, 0.3) is 0 Å². The number of nitrogens with one attached hydrogen (secondary N) is 1. The molecule has 8 heteroatoms. The summed E-state index contributed by atoms with van der Waals surface area (Å²) in [7, 11) is 0. The van der Waals surface area contributed by atoms with Crippen LogP contribution < -0.4 is 10.2 Å². The number of nitrogens with zero attached hydrogens (tertiary/aromatic N) is 4. The largest absolute Gasteiger partial charge is 0.386 e. The van der Waals surface area contributed by atoms with Gasteiger partial charge in [-0.25, -0.2) is 14.4 Å². The Balaban J connectivity index is 1.34. The van der Waals surface area contributed by atoms with Gasteiger partial charge in [-0.2, -0.15) is 0 Å². The minimum absolute atomic E-state index is 0.106. The first kappa shape index (κ1) is 21.2. The SMILES string of the molecule is CCc1nc2ccccc2n1CCC(=O)NCC1(O)CCCN(c2ccc(F)cn2)C1. The van der Waals surface area contributed by atoms with E-state index in [9.17, 15) is 14.3 Å². The molecule has 0 spiro atoms. The number of aliphatic hydroxyl groups is 1. The summed E-state index contributed by atoms with van der Waals surface area (Å²) in [4.78, 5) is 23.2. The molecule has 1 fully saturated rings. The van der Waals surface area contributed by atoms with Gasteiger partial charge in [-0.3, -0.25) is 4.79 Å². The van der Waals surface area contributed by atoms with Crippen LogP contribution in [0.3, 0.4) is 0 Å². The number of imidazole rings is 1. The molecule has 31 heavy (non-hydrogen) atoms. The lowest BCUT2D eigenvalue weighted by molar-refractivity contribution is -0.122. The number of carbonyl (C=O) groups excluding carboxylic acids is 1. The number of para-hydroxylation sites is 2. The maximum Gasteiger partial charge on any atom is 0.221 e. The quantitative estimate of drug-likeness (QED) is 0.608. The van der Waals surface area contributed by atoms with E-state index in [1.807, 2.05) is 29.2 Å². The molecule has 0 radical (unpaired) electrons. The number of piperidine rings is 1. The number of halogens is 1. The van der Waals surface area contributed by atoms with Crippen molar-refractivity contribution in [1.29, 1.82) is 0 Å². The van der Waals surface area contributed by atoms with Crippen LogP contribution in [0.25, 0.3) is 11.0 Å². The Kier molecular flexibility index (Phi) is 6.18. The fourth-order valence-electron chi connectivity index (χ4n) is 4.22. The zero-order valence-electron chi connectivity index (χ0n) is 17.7. The van der Waals surface area contributed by atoms with E-state index in [0.717, 1.165) is 36.2 Å². The molecule has 0 aliphatic carbocycles. The molecule has 164 valence electrons. The highest BCUT2D eigenvalue weighted by Crippen LogP contribution is 2.24. The summed E-state index contributed by atoms with van der Waals surface area (Å²) >= 11 is 0. The van der Waals surface area contributed by atoms with Gasteiger partial charge < -0.3 is 19.9 Å². The van der Waals surface area contributed by atoms with Crippen LogP contribution in [-0.4, -0.2) is 50.8 Å². The third-order valence-corrected chi connectivity index (χ3v) is 5.82. The van der Waals surface area contributed by atoms with Gasteiger partial charge in [0.05, 0.1) is 22.8 Å². The van der Waals surface area contributed by atoms with E-state index < -0.39 is 5.60 Å². The molecule has 1 atom stereocenters. The van der Waals surface area contributed by atoms with E-state index >= 15 is 0 Å². The molecular formula is C23H28FN5O2. The molecule has 4 rings (SSSR count). The van der Waals surface area contributed by atoms with E-state index in [2.05, 4.69) is 26.8 Å². The summed E-state index contributed by atoms with van der Waals surface area (Å²) in [5.74, 6) is 1.10. The van der Waals surface area contributed by atoms with Crippen molar-refractivity contribution in [2.24, 2.45) is 0 Å². The summed E-state index contributed by atoms with van der Waals surface area (Å²) in [5, 5.41) is 13.9. The van der Waals surface area contributed by atoms with Crippen LogP contribution in [-0.2, 0) is 17.8 Å². The first-order valence-electron chi connectivity index (χ1n) is 10.8. The Labute approximate surface area is 180 Å². The highest BCUT2D eigenvalue weighted by molar-refractivity contribution is 5.78. The average molecular weight is 426 g/mol. The lowest BCUT2D eigenvalue weighted by atomic mass is 9.92. The van der Waals surface area contributed by atoms with Gasteiger partial charge in [-0.05, 0) is 37.1 Å². The average Bonchev–Trinajstić information content (AvgIpc) is 3.14. The molecule has 1 amide bonds. The third-order valence-electron chi connectivity index (χ3n) is 5.82. The van der Waals surface area contributed by atoms with Gasteiger partial charge in [0, 0.05) is 39.0 Å². The number of aromatic nitrogens is 3. The molecule has 1 aromatic carbocycles. The van der Waals surface area contributed by atoms with Crippen molar-refractivity contribution in [2.45, 2.75) is 44.8 Å². The molecule has 3 aromatic rings. The molecule has 7 nitrogen and oxygen atoms in total. The second kappa shape index (κ2) is 9.01. The number of β-amino-alcohol motifs (C(OH)–C–C–N with tert-alkyl or cyclic N) is 1. The third kappa shape index (κ3) is 4.85. The van der Waals surface area contributed by atoms with Crippen molar-refractivity contribution >= 4 is 22.8 Å². The van der Waals surface area contributed by atoms with Gasteiger partial charge >= 0.3 is 0 Å². The van der Waals surface area contributed by atoms with Gasteiger partial charge in [-0.15, -0.1) is 0 Å². The molecule has 1 saturated heterocycles. The normalized spacial score (nSPS) is 19.0. The molecule has 1 aliphatic heterocycles. The van der Waals surface area contributed by atoms with E-state index in [-0.39, 0.29) is 18.3 Å². The van der Waals surface area contributed by atoms with Crippen molar-refractivity contribution in [3.05, 3.63) is 54.2 Å². The van der Waals surface area contributed by atoms with Crippen LogP contribution in [0.1, 0.15) is 32.0 Å². The Morgan fingerprint density at radius 1 is 1.29 bits per heavy atom. The van der Waals surface area contributed by atoms with E-state index in [4.69, 9.17) is 0 Å². The topological polar surface area (TPSA) is 83.3 Å². The molecule has 0 saturated carbocycles. The van der Waals surface area contributed by atoms with Gasteiger partial charge in [0.1, 0.15) is 17.5 Å². The fraction of sp³-hybridized carbons (Fsp3) is 0.435. The number of rotatable bonds is 7. The number of fused-ring (bicyclic) bond motifs is 1.